The summed E-state index contributed by atoms with van der Waals surface area (Å²) in [7, 11) is 0. The normalized spacial score (nSPS) is 10.5. The van der Waals surface area contributed by atoms with Gasteiger partial charge in [0.2, 0.25) is 0 Å². The number of anilines is 1. The van der Waals surface area contributed by atoms with E-state index in [2.05, 4.69) is 26.6 Å². The Morgan fingerprint density at radius 1 is 1.05 bits per heavy atom. The number of nitrogens with one attached hydrogen (secondary N) is 2. The van der Waals surface area contributed by atoms with Crippen LogP contribution in [0.1, 0.15) is 33.9 Å². The highest BCUT2D eigenvalue weighted by atomic mass is 79.9. The van der Waals surface area contributed by atoms with E-state index in [1.54, 1.807) is 30.3 Å². The molecule has 0 aliphatic heterocycles. The molecule has 0 radical (unpaired) electrons. The van der Waals surface area contributed by atoms with Crippen molar-refractivity contribution in [1.29, 1.82) is 0 Å². The average Bonchev–Trinajstić information content (AvgIpc) is 2.85. The molecule has 110 valence electrons. The van der Waals surface area contributed by atoms with Gasteiger partial charge in [-0.1, -0.05) is 0 Å². The Balaban J connectivity index is 2.02. The van der Waals surface area contributed by atoms with Gasteiger partial charge in [0, 0.05) is 17.3 Å². The second kappa shape index (κ2) is 6.87. The molecule has 2 aromatic rings. The summed E-state index contributed by atoms with van der Waals surface area (Å²) in [5, 5.41) is 5.62. The molecule has 2 rings (SSSR count). The van der Waals surface area contributed by atoms with E-state index in [9.17, 15) is 9.59 Å². The fraction of sp³-hybridized carbons (Fsp3) is 0.200. The van der Waals surface area contributed by atoms with Crippen LogP contribution in [-0.2, 0) is 0 Å². The first kappa shape index (κ1) is 15.7. The summed E-state index contributed by atoms with van der Waals surface area (Å²) in [5.74, 6) is -0.282. The Hall–Kier alpha value is -1.66. The lowest BCUT2D eigenvalue weighted by Gasteiger charge is -2.09. The van der Waals surface area contributed by atoms with Gasteiger partial charge in [0.15, 0.2) is 0 Å². The van der Waals surface area contributed by atoms with Gasteiger partial charge in [-0.2, -0.15) is 0 Å². The Labute approximate surface area is 135 Å². The van der Waals surface area contributed by atoms with Gasteiger partial charge in [0.05, 0.1) is 8.66 Å². The number of carbonyl (C=O) groups is 2. The zero-order valence-electron chi connectivity index (χ0n) is 11.6. The highest BCUT2D eigenvalue weighted by Gasteiger charge is 2.10. The molecule has 0 spiro atoms. The van der Waals surface area contributed by atoms with E-state index < -0.39 is 0 Å². The molecule has 0 fully saturated rings. The number of halogens is 1. The number of rotatable bonds is 4. The maximum Gasteiger partial charge on any atom is 0.265 e. The van der Waals surface area contributed by atoms with Crippen molar-refractivity contribution in [2.45, 2.75) is 19.9 Å². The van der Waals surface area contributed by atoms with Crippen LogP contribution in [0, 0.1) is 0 Å². The van der Waals surface area contributed by atoms with E-state index in [1.807, 2.05) is 19.9 Å². The summed E-state index contributed by atoms with van der Waals surface area (Å²) in [5.41, 5.74) is 1.23. The van der Waals surface area contributed by atoms with Gasteiger partial charge in [-0.15, -0.1) is 11.3 Å². The number of carbonyl (C=O) groups excluding carboxylic acids is 2. The minimum Gasteiger partial charge on any atom is -0.350 e. The lowest BCUT2D eigenvalue weighted by molar-refractivity contribution is 0.0942. The lowest BCUT2D eigenvalue weighted by atomic mass is 10.2. The van der Waals surface area contributed by atoms with Gasteiger partial charge >= 0.3 is 0 Å². The minimum atomic E-state index is -0.162. The third kappa shape index (κ3) is 4.41. The monoisotopic (exact) mass is 366 g/mol. The molecule has 21 heavy (non-hydrogen) atoms. The number of benzene rings is 1. The SMILES string of the molecule is CC(C)NC(=O)c1ccc(NC(=O)c2ccc(Br)s2)cc1. The molecule has 1 heterocycles. The summed E-state index contributed by atoms with van der Waals surface area (Å²) in [4.78, 5) is 24.4. The zero-order valence-corrected chi connectivity index (χ0v) is 14.0. The van der Waals surface area contributed by atoms with Crippen LogP contribution in [0.25, 0.3) is 0 Å². The maximum absolute atomic E-state index is 12.0. The molecular formula is C15H15BrN2O2S. The van der Waals surface area contributed by atoms with E-state index in [0.717, 1.165) is 3.79 Å². The van der Waals surface area contributed by atoms with Crippen LogP contribution in [-0.4, -0.2) is 17.9 Å². The summed E-state index contributed by atoms with van der Waals surface area (Å²) < 4.78 is 0.911. The summed E-state index contributed by atoms with van der Waals surface area (Å²) in [6.45, 7) is 3.82. The largest absolute Gasteiger partial charge is 0.350 e. The van der Waals surface area contributed by atoms with Gasteiger partial charge in [0.25, 0.3) is 11.8 Å². The molecule has 0 aliphatic carbocycles. The van der Waals surface area contributed by atoms with Crippen LogP contribution in [0.4, 0.5) is 5.69 Å². The molecule has 0 saturated heterocycles. The third-order valence-corrected chi connectivity index (χ3v) is 4.24. The fourth-order valence-corrected chi connectivity index (χ4v) is 2.96. The van der Waals surface area contributed by atoms with Crippen molar-refractivity contribution in [3.8, 4) is 0 Å². The molecule has 4 nitrogen and oxygen atoms in total. The van der Waals surface area contributed by atoms with E-state index in [0.29, 0.717) is 16.1 Å². The van der Waals surface area contributed by atoms with E-state index >= 15 is 0 Å². The van der Waals surface area contributed by atoms with Gasteiger partial charge in [0.1, 0.15) is 0 Å². The van der Waals surface area contributed by atoms with Crippen LogP contribution in [0.2, 0.25) is 0 Å². The molecule has 0 aliphatic rings. The first-order chi connectivity index (χ1) is 9.95. The Kier molecular flexibility index (Phi) is 5.14. The van der Waals surface area contributed by atoms with E-state index in [4.69, 9.17) is 0 Å². The summed E-state index contributed by atoms with van der Waals surface area (Å²) >= 11 is 4.70. The number of hydrogen-bond acceptors (Lipinski definition) is 3. The third-order valence-electron chi connectivity index (χ3n) is 2.62. The van der Waals surface area contributed by atoms with Crippen molar-refractivity contribution in [3.63, 3.8) is 0 Å². The van der Waals surface area contributed by atoms with Crippen molar-refractivity contribution < 1.29 is 9.59 Å². The van der Waals surface area contributed by atoms with Gasteiger partial charge in [-0.05, 0) is 66.2 Å². The van der Waals surface area contributed by atoms with Crippen molar-refractivity contribution in [3.05, 3.63) is 50.6 Å². The second-order valence-corrected chi connectivity index (χ2v) is 7.23. The van der Waals surface area contributed by atoms with Gasteiger partial charge in [-0.25, -0.2) is 0 Å². The van der Waals surface area contributed by atoms with Crippen molar-refractivity contribution in [2.75, 3.05) is 5.32 Å². The van der Waals surface area contributed by atoms with Crippen molar-refractivity contribution >= 4 is 44.8 Å². The number of thiophene rings is 1. The standard InChI is InChI=1S/C15H15BrN2O2S/c1-9(2)17-14(19)10-3-5-11(6-4-10)18-15(20)12-7-8-13(16)21-12/h3-9H,1-2H3,(H,17,19)(H,18,20). The van der Waals surface area contributed by atoms with Crippen molar-refractivity contribution in [1.82, 2.24) is 5.32 Å². The topological polar surface area (TPSA) is 58.2 Å². The van der Waals surface area contributed by atoms with Crippen LogP contribution in [0.15, 0.2) is 40.2 Å². The molecule has 1 aromatic carbocycles. The molecule has 2 N–H and O–H groups in total. The quantitative estimate of drug-likeness (QED) is 0.861. The molecule has 0 saturated carbocycles. The molecular weight excluding hydrogens is 352 g/mol. The Morgan fingerprint density at radius 3 is 2.24 bits per heavy atom. The smallest absolute Gasteiger partial charge is 0.265 e. The van der Waals surface area contributed by atoms with Crippen LogP contribution >= 0.6 is 27.3 Å². The van der Waals surface area contributed by atoms with Crippen molar-refractivity contribution in [2.24, 2.45) is 0 Å². The minimum absolute atomic E-state index is 0.0918. The van der Waals surface area contributed by atoms with E-state index in [1.165, 1.54) is 11.3 Å². The number of amides is 2. The molecule has 1 aromatic heterocycles. The second-order valence-electron chi connectivity index (χ2n) is 4.76. The summed E-state index contributed by atoms with van der Waals surface area (Å²) in [6, 6.07) is 10.5. The van der Waals surface area contributed by atoms with E-state index in [-0.39, 0.29) is 17.9 Å². The maximum atomic E-state index is 12.0. The molecule has 0 atom stereocenters. The summed E-state index contributed by atoms with van der Waals surface area (Å²) in [6.07, 6.45) is 0. The Bertz CT molecular complexity index is 650. The molecule has 0 unspecified atom stereocenters. The van der Waals surface area contributed by atoms with Gasteiger partial charge in [-0.3, -0.25) is 9.59 Å². The first-order valence-electron chi connectivity index (χ1n) is 6.43. The number of hydrogen-bond donors (Lipinski definition) is 2. The first-order valence-corrected chi connectivity index (χ1v) is 8.04. The Morgan fingerprint density at radius 2 is 1.71 bits per heavy atom. The zero-order chi connectivity index (χ0) is 15.4. The van der Waals surface area contributed by atoms with Crippen LogP contribution in [0.5, 0.6) is 0 Å². The van der Waals surface area contributed by atoms with Crippen LogP contribution < -0.4 is 10.6 Å². The highest BCUT2D eigenvalue weighted by molar-refractivity contribution is 9.11. The lowest BCUT2D eigenvalue weighted by Crippen LogP contribution is -2.29. The molecule has 0 bridgehead atoms. The average molecular weight is 367 g/mol. The van der Waals surface area contributed by atoms with Gasteiger partial charge < -0.3 is 10.6 Å². The predicted octanol–water partition coefficient (Wildman–Crippen LogP) is 3.90. The van der Waals surface area contributed by atoms with Crippen LogP contribution in [0.3, 0.4) is 0 Å². The highest BCUT2D eigenvalue weighted by Crippen LogP contribution is 2.23. The predicted molar refractivity (Wildman–Crippen MR) is 89.0 cm³/mol. The molecule has 2 amide bonds. The molecule has 6 heteroatoms. The fourth-order valence-electron chi connectivity index (χ4n) is 1.68.